The molecule has 6 aliphatic rings. The Balaban J connectivity index is 1.33. The molecule has 1 amide bonds. The van der Waals surface area contributed by atoms with E-state index in [0.29, 0.717) is 30.9 Å². The van der Waals surface area contributed by atoms with Crippen molar-refractivity contribution in [3.8, 4) is 0 Å². The highest BCUT2D eigenvalue weighted by Crippen LogP contribution is 2.72. The first-order valence-corrected chi connectivity index (χ1v) is 19.0. The van der Waals surface area contributed by atoms with Crippen molar-refractivity contribution in [2.24, 2.45) is 28.6 Å². The van der Waals surface area contributed by atoms with Crippen molar-refractivity contribution < 1.29 is 24.5 Å². The average Bonchev–Trinajstić information content (AvgIpc) is 3.68. The maximum Gasteiger partial charge on any atom is 0.243 e. The van der Waals surface area contributed by atoms with Gasteiger partial charge in [-0.3, -0.25) is 9.59 Å². The molecule has 0 saturated heterocycles. The molecule has 3 heterocycles. The Labute approximate surface area is 297 Å². The molecule has 7 nitrogen and oxygen atoms in total. The van der Waals surface area contributed by atoms with Crippen molar-refractivity contribution >= 4 is 28.2 Å². The van der Waals surface area contributed by atoms with Crippen LogP contribution >= 0.6 is 0 Å². The molecule has 2 unspecified atom stereocenters. The number of carbonyl (C=O) groups is 2. The Kier molecular flexibility index (Phi) is 7.19. The summed E-state index contributed by atoms with van der Waals surface area (Å²) in [4.78, 5) is 27.2. The van der Waals surface area contributed by atoms with E-state index in [-0.39, 0.29) is 34.4 Å². The van der Waals surface area contributed by atoms with Crippen LogP contribution in [0.2, 0.25) is 0 Å². The number of amides is 1. The minimum atomic E-state index is -0.847. The van der Waals surface area contributed by atoms with Gasteiger partial charge in [0, 0.05) is 39.9 Å². The number of allylic oxidation sites excluding steroid dienone is 2. The van der Waals surface area contributed by atoms with Crippen molar-refractivity contribution in [3.63, 3.8) is 0 Å². The van der Waals surface area contributed by atoms with Crippen LogP contribution in [-0.2, 0) is 21.4 Å². The molecule has 2 fully saturated rings. The summed E-state index contributed by atoms with van der Waals surface area (Å²) in [5, 5.41) is 27.9. The molecule has 9 atom stereocenters. The van der Waals surface area contributed by atoms with Crippen LogP contribution in [-0.4, -0.2) is 50.3 Å². The molecule has 4 aliphatic carbocycles. The van der Waals surface area contributed by atoms with Crippen LogP contribution in [0.1, 0.15) is 139 Å². The molecule has 7 heteroatoms. The number of aliphatic hydroxyl groups excluding tert-OH is 2. The number of nitrogens with one attached hydrogen (secondary N) is 1. The van der Waals surface area contributed by atoms with E-state index in [4.69, 9.17) is 4.74 Å². The zero-order valence-electron chi connectivity index (χ0n) is 31.5. The third-order valence-corrected chi connectivity index (χ3v) is 14.9. The zero-order chi connectivity index (χ0) is 36.1. The number of benzene rings is 1. The first-order valence-electron chi connectivity index (χ1n) is 19.0. The van der Waals surface area contributed by atoms with E-state index in [0.717, 1.165) is 58.9 Å². The molecule has 2 saturated carbocycles. The highest BCUT2D eigenvalue weighted by Gasteiger charge is 2.68. The minimum absolute atomic E-state index is 0.0393. The van der Waals surface area contributed by atoms with E-state index >= 15 is 0 Å². The van der Waals surface area contributed by atoms with Gasteiger partial charge in [0.25, 0.3) is 0 Å². The van der Waals surface area contributed by atoms with Crippen molar-refractivity contribution in [1.29, 1.82) is 0 Å². The molecule has 1 aromatic heterocycles. The molecule has 0 spiro atoms. The molecule has 2 aliphatic heterocycles. The fourth-order valence-electron chi connectivity index (χ4n) is 12.9. The Morgan fingerprint density at radius 2 is 1.84 bits per heavy atom. The molecule has 268 valence electrons. The summed E-state index contributed by atoms with van der Waals surface area (Å²) >= 11 is 0. The summed E-state index contributed by atoms with van der Waals surface area (Å²) < 4.78 is 8.90. The van der Waals surface area contributed by atoms with E-state index in [1.54, 1.807) is 6.08 Å². The molecular formula is C43H56N2O5. The van der Waals surface area contributed by atoms with Crippen molar-refractivity contribution in [2.75, 3.05) is 6.54 Å². The molecule has 2 aromatic rings. The topological polar surface area (TPSA) is 101 Å². The molecule has 3 N–H and O–H groups in total. The highest BCUT2D eigenvalue weighted by atomic mass is 16.5. The van der Waals surface area contributed by atoms with Gasteiger partial charge in [-0.1, -0.05) is 39.0 Å². The predicted molar refractivity (Wildman–Crippen MR) is 197 cm³/mol. The average molecular weight is 681 g/mol. The maximum atomic E-state index is 14.9. The van der Waals surface area contributed by atoms with Crippen LogP contribution in [0.15, 0.2) is 36.4 Å². The second-order valence-electron chi connectivity index (χ2n) is 18.5. The Morgan fingerprint density at radius 3 is 2.52 bits per heavy atom. The van der Waals surface area contributed by atoms with E-state index in [9.17, 15) is 19.8 Å². The first-order chi connectivity index (χ1) is 23.3. The molecule has 0 bridgehead atoms. The van der Waals surface area contributed by atoms with Crippen LogP contribution in [0.25, 0.3) is 16.5 Å². The number of ether oxygens (including phenoxy) is 1. The Hall–Kier alpha value is -3.00. The number of hydrogen-bond acceptors (Lipinski definition) is 5. The molecule has 50 heavy (non-hydrogen) atoms. The number of fused-ring (bicyclic) bond motifs is 11. The van der Waals surface area contributed by atoms with E-state index in [2.05, 4.69) is 77.1 Å². The van der Waals surface area contributed by atoms with Crippen molar-refractivity contribution in [3.05, 3.63) is 64.4 Å². The summed E-state index contributed by atoms with van der Waals surface area (Å²) in [6.07, 6.45) is 9.72. The van der Waals surface area contributed by atoms with Crippen LogP contribution in [0.3, 0.4) is 0 Å². The lowest BCUT2D eigenvalue weighted by Gasteiger charge is -2.65. The molecular weight excluding hydrogens is 624 g/mol. The minimum Gasteiger partial charge on any atom is -0.393 e. The second-order valence-corrected chi connectivity index (χ2v) is 18.5. The first kappa shape index (κ1) is 34.1. The summed E-state index contributed by atoms with van der Waals surface area (Å²) in [5.74, 6) is 0.308. The summed E-state index contributed by atoms with van der Waals surface area (Å²) in [7, 11) is 0. The quantitative estimate of drug-likeness (QED) is 0.222. The second kappa shape index (κ2) is 10.5. The van der Waals surface area contributed by atoms with Crippen LogP contribution in [0.4, 0.5) is 0 Å². The number of hydrogen-bond donors (Lipinski definition) is 3. The van der Waals surface area contributed by atoms with Gasteiger partial charge in [0.15, 0.2) is 5.78 Å². The third kappa shape index (κ3) is 4.09. The van der Waals surface area contributed by atoms with Gasteiger partial charge in [-0.25, -0.2) is 0 Å². The monoisotopic (exact) mass is 680 g/mol. The molecule has 0 radical (unpaired) electrons. The SMILES string of the molecule is C=C(C)[C@H]1C(=O)c2c3c(cc4c5c(n1c24)[C@@]1(C)C(CC[C@H]2[C@](C)(C/C=C/C(=O)NCC)[C@@H](O)CC[C@@]21C)C5)C1=CC(C)(C)OC(C)(C)C1[C@@H]3O. The lowest BCUT2D eigenvalue weighted by Crippen LogP contribution is -2.62. The number of aromatic nitrogens is 1. The van der Waals surface area contributed by atoms with Gasteiger partial charge in [-0.15, -0.1) is 0 Å². The lowest BCUT2D eigenvalue weighted by atomic mass is 9.40. The van der Waals surface area contributed by atoms with E-state index in [1.807, 2.05) is 19.9 Å². The summed E-state index contributed by atoms with van der Waals surface area (Å²) in [5.41, 5.74) is 6.01. The molecule has 1 aromatic carbocycles. The van der Waals surface area contributed by atoms with Crippen LogP contribution in [0, 0.1) is 28.6 Å². The predicted octanol–water partition coefficient (Wildman–Crippen LogP) is 7.68. The number of carbonyl (C=O) groups excluding carboxylic acids is 2. The number of rotatable bonds is 5. The van der Waals surface area contributed by atoms with Gasteiger partial charge in [0.2, 0.25) is 5.91 Å². The third-order valence-electron chi connectivity index (χ3n) is 14.9. The lowest BCUT2D eigenvalue weighted by molar-refractivity contribution is -0.163. The fourth-order valence-corrected chi connectivity index (χ4v) is 12.9. The van der Waals surface area contributed by atoms with Crippen molar-refractivity contribution in [2.45, 2.75) is 136 Å². The number of nitrogens with zero attached hydrogens (tertiary/aromatic N) is 1. The van der Waals surface area contributed by atoms with E-state index in [1.165, 1.54) is 11.3 Å². The van der Waals surface area contributed by atoms with Gasteiger partial charge in [0.05, 0.1) is 34.5 Å². The fraction of sp³-hybridized carbons (Fsp3) is 0.628. The highest BCUT2D eigenvalue weighted by molar-refractivity contribution is 6.18. The van der Waals surface area contributed by atoms with Gasteiger partial charge in [-0.2, -0.15) is 0 Å². The molecule has 8 rings (SSSR count). The number of Topliss-reactive ketones (excluding diaryl/α,β-unsaturated/α-hetero) is 1. The smallest absolute Gasteiger partial charge is 0.243 e. The number of aliphatic hydroxyl groups is 2. The zero-order valence-corrected chi connectivity index (χ0v) is 31.5. The number of likely N-dealkylation sites (N-methyl/N-ethyl adjacent to an activating group) is 1. The summed E-state index contributed by atoms with van der Waals surface area (Å²) in [6, 6.07) is 1.79. The van der Waals surface area contributed by atoms with Gasteiger partial charge in [0.1, 0.15) is 6.04 Å². The Bertz CT molecular complexity index is 1940. The van der Waals surface area contributed by atoms with Gasteiger partial charge >= 0.3 is 0 Å². The maximum absolute atomic E-state index is 14.9. The van der Waals surface area contributed by atoms with Gasteiger partial charge in [-0.05, 0) is 132 Å². The standard InChI is InChI=1S/C43H56N2O5/c1-11-44-30(47)13-12-17-41(8)28-15-14-23-19-26-25-20-24-27-21-39(4,5)50-40(6,7)33(27)36(48)31(24)32-35(25)45(34(22(2)3)37(32)49)38(26)43(23,10)42(28,9)18-16-29(41)46/h12-13,20-21,23,28-29,33-34,36,46,48H,2,11,14-19H2,1,3-10H3,(H,44,47)/b13-12+/t23?,28-,29-,33?,34-,36+,41-,42-,43+/m0/s1. The van der Waals surface area contributed by atoms with Crippen LogP contribution < -0.4 is 5.32 Å². The van der Waals surface area contributed by atoms with E-state index < -0.39 is 34.9 Å². The number of ketones is 1. The summed E-state index contributed by atoms with van der Waals surface area (Å²) in [6.45, 7) is 24.3. The Morgan fingerprint density at radius 1 is 1.12 bits per heavy atom. The van der Waals surface area contributed by atoms with Crippen LogP contribution in [0.5, 0.6) is 0 Å². The normalized spacial score (nSPS) is 38.8. The largest absolute Gasteiger partial charge is 0.393 e. The van der Waals surface area contributed by atoms with Crippen molar-refractivity contribution in [1.82, 2.24) is 9.88 Å². The van der Waals surface area contributed by atoms with Gasteiger partial charge < -0.3 is 24.8 Å².